The normalized spacial score (nSPS) is 20.5. The van der Waals surface area contributed by atoms with Crippen LogP contribution in [0.25, 0.3) is 9.88 Å². The molecule has 0 bridgehead atoms. The molecule has 1 saturated carbocycles. The molecule has 0 saturated heterocycles. The van der Waals surface area contributed by atoms with Crippen molar-refractivity contribution in [1.82, 2.24) is 10.3 Å². The second kappa shape index (κ2) is 7.90. The second-order valence-electron chi connectivity index (χ2n) is 6.03. The third-order valence-electron chi connectivity index (χ3n) is 4.24. The Morgan fingerprint density at radius 1 is 1.33 bits per heavy atom. The number of amides is 1. The van der Waals surface area contributed by atoms with Crippen molar-refractivity contribution >= 4 is 34.6 Å². The summed E-state index contributed by atoms with van der Waals surface area (Å²) in [5, 5.41) is 7.39. The maximum atomic E-state index is 12.0. The van der Waals surface area contributed by atoms with Crippen LogP contribution >= 0.6 is 22.7 Å². The van der Waals surface area contributed by atoms with Crippen LogP contribution in [0.15, 0.2) is 22.9 Å². The van der Waals surface area contributed by atoms with E-state index in [2.05, 4.69) is 17.2 Å². The zero-order valence-electron chi connectivity index (χ0n) is 13.5. The molecule has 7 heteroatoms. The minimum absolute atomic E-state index is 0.189. The minimum atomic E-state index is -0.555. The standard InChI is InChI=1S/C17H20N2O3S2/c1-11-5-2-3-6-12(11)18-15(20)9-22-17(21)13-10-24-16(19-13)14-7-4-8-23-14/h4,7-8,10-12H,2-3,5-6,9H2,1H3,(H,18,20)/t11-,12-/m1/s1. The van der Waals surface area contributed by atoms with Gasteiger partial charge in [-0.05, 0) is 30.2 Å². The van der Waals surface area contributed by atoms with Crippen molar-refractivity contribution in [1.29, 1.82) is 0 Å². The zero-order valence-corrected chi connectivity index (χ0v) is 15.1. The number of nitrogens with zero attached hydrogens (tertiary/aromatic N) is 1. The van der Waals surface area contributed by atoms with E-state index in [1.54, 1.807) is 16.7 Å². The van der Waals surface area contributed by atoms with Gasteiger partial charge in [0.05, 0.1) is 4.88 Å². The van der Waals surface area contributed by atoms with Crippen molar-refractivity contribution in [2.24, 2.45) is 5.92 Å². The fourth-order valence-corrected chi connectivity index (χ4v) is 4.47. The fourth-order valence-electron chi connectivity index (χ4n) is 2.87. The van der Waals surface area contributed by atoms with E-state index >= 15 is 0 Å². The van der Waals surface area contributed by atoms with Crippen LogP contribution in [-0.2, 0) is 9.53 Å². The smallest absolute Gasteiger partial charge is 0.358 e. The van der Waals surface area contributed by atoms with E-state index in [1.807, 2.05) is 17.5 Å². The summed E-state index contributed by atoms with van der Waals surface area (Å²) in [7, 11) is 0. The molecule has 2 heterocycles. The van der Waals surface area contributed by atoms with E-state index in [1.165, 1.54) is 17.8 Å². The van der Waals surface area contributed by atoms with E-state index in [9.17, 15) is 9.59 Å². The van der Waals surface area contributed by atoms with Crippen LogP contribution in [0.3, 0.4) is 0 Å². The summed E-state index contributed by atoms with van der Waals surface area (Å²) in [4.78, 5) is 29.3. The molecule has 3 rings (SSSR count). The van der Waals surface area contributed by atoms with Crippen LogP contribution in [0.5, 0.6) is 0 Å². The quantitative estimate of drug-likeness (QED) is 0.821. The predicted molar refractivity (Wildman–Crippen MR) is 95.3 cm³/mol. The van der Waals surface area contributed by atoms with Crippen molar-refractivity contribution in [3.05, 3.63) is 28.6 Å². The summed E-state index contributed by atoms with van der Waals surface area (Å²) < 4.78 is 5.09. The number of carbonyl (C=O) groups is 2. The van der Waals surface area contributed by atoms with Crippen LogP contribution in [-0.4, -0.2) is 29.5 Å². The summed E-state index contributed by atoms with van der Waals surface area (Å²) >= 11 is 2.97. The number of esters is 1. The Morgan fingerprint density at radius 3 is 2.92 bits per heavy atom. The number of hydrogen-bond acceptors (Lipinski definition) is 6. The van der Waals surface area contributed by atoms with Crippen molar-refractivity contribution in [2.75, 3.05) is 6.61 Å². The summed E-state index contributed by atoms with van der Waals surface area (Å²) in [5.74, 6) is -0.318. The molecule has 0 aliphatic heterocycles. The lowest BCUT2D eigenvalue weighted by Crippen LogP contribution is -2.42. The molecule has 1 amide bonds. The maximum absolute atomic E-state index is 12.0. The van der Waals surface area contributed by atoms with Crippen LogP contribution < -0.4 is 5.32 Å². The fraction of sp³-hybridized carbons (Fsp3) is 0.471. The van der Waals surface area contributed by atoms with Gasteiger partial charge in [-0.25, -0.2) is 9.78 Å². The van der Waals surface area contributed by atoms with Gasteiger partial charge in [0.25, 0.3) is 5.91 Å². The molecule has 0 spiro atoms. The molecule has 2 aromatic rings. The van der Waals surface area contributed by atoms with Crippen LogP contribution in [0, 0.1) is 5.92 Å². The average Bonchev–Trinajstić information content (AvgIpc) is 3.25. The van der Waals surface area contributed by atoms with Gasteiger partial charge in [0.2, 0.25) is 0 Å². The van der Waals surface area contributed by atoms with Gasteiger partial charge in [0, 0.05) is 11.4 Å². The first-order chi connectivity index (χ1) is 11.6. The molecule has 128 valence electrons. The molecule has 24 heavy (non-hydrogen) atoms. The highest BCUT2D eigenvalue weighted by Gasteiger charge is 2.23. The van der Waals surface area contributed by atoms with Crippen molar-refractivity contribution in [3.63, 3.8) is 0 Å². The molecule has 1 aliphatic carbocycles. The molecule has 0 aromatic carbocycles. The Balaban J connectivity index is 1.49. The number of nitrogens with one attached hydrogen (secondary N) is 1. The average molecular weight is 364 g/mol. The first-order valence-corrected chi connectivity index (χ1v) is 9.85. The molecule has 1 aliphatic rings. The lowest BCUT2D eigenvalue weighted by Gasteiger charge is -2.29. The lowest BCUT2D eigenvalue weighted by molar-refractivity contribution is -0.125. The number of ether oxygens (including phenoxy) is 1. The molecule has 5 nitrogen and oxygen atoms in total. The number of thiophene rings is 1. The maximum Gasteiger partial charge on any atom is 0.358 e. The van der Waals surface area contributed by atoms with Crippen molar-refractivity contribution in [2.45, 2.75) is 38.6 Å². The molecule has 2 aromatic heterocycles. The molecule has 0 unspecified atom stereocenters. The molecular weight excluding hydrogens is 344 g/mol. The Labute approximate surface area is 149 Å². The number of carbonyl (C=O) groups excluding carboxylic acids is 2. The van der Waals surface area contributed by atoms with Gasteiger partial charge in [-0.2, -0.15) is 0 Å². The molecular formula is C17H20N2O3S2. The van der Waals surface area contributed by atoms with Gasteiger partial charge in [-0.1, -0.05) is 25.8 Å². The summed E-state index contributed by atoms with van der Waals surface area (Å²) in [6, 6.07) is 4.09. The van der Waals surface area contributed by atoms with Gasteiger partial charge in [0.1, 0.15) is 5.01 Å². The van der Waals surface area contributed by atoms with Gasteiger partial charge in [-0.3, -0.25) is 4.79 Å². The van der Waals surface area contributed by atoms with E-state index in [4.69, 9.17) is 4.74 Å². The second-order valence-corrected chi connectivity index (χ2v) is 7.83. The Hall–Kier alpha value is -1.73. The summed E-state index contributed by atoms with van der Waals surface area (Å²) in [5.41, 5.74) is 0.252. The van der Waals surface area contributed by atoms with Gasteiger partial charge in [0.15, 0.2) is 12.3 Å². The van der Waals surface area contributed by atoms with Crippen molar-refractivity contribution in [3.8, 4) is 9.88 Å². The lowest BCUT2D eigenvalue weighted by atomic mass is 9.86. The highest BCUT2D eigenvalue weighted by molar-refractivity contribution is 7.20. The van der Waals surface area contributed by atoms with Crippen LogP contribution in [0.1, 0.15) is 43.1 Å². The Kier molecular flexibility index (Phi) is 5.63. The highest BCUT2D eigenvalue weighted by Crippen LogP contribution is 2.28. The SMILES string of the molecule is C[C@@H]1CCCC[C@H]1NC(=O)COC(=O)c1csc(-c2cccs2)n1. The van der Waals surface area contributed by atoms with Gasteiger partial charge >= 0.3 is 5.97 Å². The Morgan fingerprint density at radius 2 is 2.17 bits per heavy atom. The van der Waals surface area contributed by atoms with Gasteiger partial charge in [-0.15, -0.1) is 22.7 Å². The monoisotopic (exact) mass is 364 g/mol. The van der Waals surface area contributed by atoms with E-state index < -0.39 is 5.97 Å². The summed E-state index contributed by atoms with van der Waals surface area (Å²) in [6.07, 6.45) is 4.49. The zero-order chi connectivity index (χ0) is 16.9. The highest BCUT2D eigenvalue weighted by atomic mass is 32.1. The number of thiazole rings is 1. The van der Waals surface area contributed by atoms with Gasteiger partial charge < -0.3 is 10.1 Å². The number of rotatable bonds is 5. The topological polar surface area (TPSA) is 68.3 Å². The summed E-state index contributed by atoms with van der Waals surface area (Å²) in [6.45, 7) is 1.89. The number of hydrogen-bond donors (Lipinski definition) is 1. The molecule has 2 atom stereocenters. The van der Waals surface area contributed by atoms with E-state index in [0.29, 0.717) is 5.92 Å². The first-order valence-electron chi connectivity index (χ1n) is 8.09. The molecule has 1 N–H and O–H groups in total. The van der Waals surface area contributed by atoms with Crippen molar-refractivity contribution < 1.29 is 14.3 Å². The molecule has 1 fully saturated rings. The third-order valence-corrected chi connectivity index (χ3v) is 6.12. The predicted octanol–water partition coefficient (Wildman–Crippen LogP) is 3.72. The third kappa shape index (κ3) is 4.21. The van der Waals surface area contributed by atoms with Crippen LogP contribution in [0.4, 0.5) is 0 Å². The number of aromatic nitrogens is 1. The van der Waals surface area contributed by atoms with E-state index in [-0.39, 0.29) is 24.2 Å². The van der Waals surface area contributed by atoms with E-state index in [0.717, 1.165) is 29.1 Å². The minimum Gasteiger partial charge on any atom is -0.451 e. The Bertz CT molecular complexity index is 697. The largest absolute Gasteiger partial charge is 0.451 e. The van der Waals surface area contributed by atoms with Crippen LogP contribution in [0.2, 0.25) is 0 Å². The molecule has 0 radical (unpaired) electrons. The first kappa shape index (κ1) is 17.1.